The van der Waals surface area contributed by atoms with E-state index in [1.54, 1.807) is 0 Å². The highest BCUT2D eigenvalue weighted by atomic mass is 35.5. The molecule has 1 amide bonds. The molecule has 0 aromatic heterocycles. The molecule has 1 saturated carbocycles. The van der Waals surface area contributed by atoms with Gasteiger partial charge in [0.15, 0.2) is 0 Å². The Kier molecular flexibility index (Phi) is 6.15. The molecule has 24 heavy (non-hydrogen) atoms. The highest BCUT2D eigenvalue weighted by Gasteiger charge is 2.34. The van der Waals surface area contributed by atoms with Crippen molar-refractivity contribution in [3.63, 3.8) is 0 Å². The van der Waals surface area contributed by atoms with Crippen LogP contribution in [0.4, 0.5) is 18.9 Å². The van der Waals surface area contributed by atoms with Crippen LogP contribution in [0.25, 0.3) is 0 Å². The average Bonchev–Trinajstić information content (AvgIpc) is 2.99. The van der Waals surface area contributed by atoms with Crippen LogP contribution in [0.2, 0.25) is 5.02 Å². The summed E-state index contributed by atoms with van der Waals surface area (Å²) in [5.41, 5.74) is -1.19. The third-order valence-electron chi connectivity index (χ3n) is 4.34. The van der Waals surface area contributed by atoms with Gasteiger partial charge in [0.2, 0.25) is 5.91 Å². The molecule has 1 N–H and O–H groups in total. The standard InChI is InChI=1S/C17H22ClF3N2O/c1-11(2)23(13-5-3-4-6-13)10-16(24)22-15-8-7-12(18)9-14(15)17(19,20)21/h7-9,11,13H,3-6,10H2,1-2H3,(H,22,24). The molecule has 1 aliphatic rings. The lowest BCUT2D eigenvalue weighted by Crippen LogP contribution is -2.44. The SMILES string of the molecule is CC(C)N(CC(=O)Nc1ccc(Cl)cc1C(F)(F)F)C1CCCC1. The summed E-state index contributed by atoms with van der Waals surface area (Å²) in [4.78, 5) is 14.4. The Morgan fingerprint density at radius 3 is 2.50 bits per heavy atom. The Hall–Kier alpha value is -1.27. The van der Waals surface area contributed by atoms with E-state index in [-0.39, 0.29) is 23.3 Å². The molecule has 134 valence electrons. The lowest BCUT2D eigenvalue weighted by molar-refractivity contribution is -0.137. The lowest BCUT2D eigenvalue weighted by atomic mass is 10.1. The number of hydrogen-bond donors (Lipinski definition) is 1. The van der Waals surface area contributed by atoms with Crippen LogP contribution >= 0.6 is 11.6 Å². The van der Waals surface area contributed by atoms with Crippen LogP contribution < -0.4 is 5.32 Å². The maximum Gasteiger partial charge on any atom is 0.418 e. The third kappa shape index (κ3) is 4.86. The van der Waals surface area contributed by atoms with E-state index in [0.717, 1.165) is 31.7 Å². The Morgan fingerprint density at radius 1 is 1.33 bits per heavy atom. The molecule has 0 bridgehead atoms. The van der Waals surface area contributed by atoms with Gasteiger partial charge in [-0.2, -0.15) is 13.2 Å². The summed E-state index contributed by atoms with van der Waals surface area (Å²) in [6.45, 7) is 4.08. The molecular formula is C17H22ClF3N2O. The number of nitrogens with one attached hydrogen (secondary N) is 1. The first-order valence-corrected chi connectivity index (χ1v) is 8.48. The smallest absolute Gasteiger partial charge is 0.324 e. The van der Waals surface area contributed by atoms with Gasteiger partial charge in [-0.15, -0.1) is 0 Å². The monoisotopic (exact) mass is 362 g/mol. The minimum atomic E-state index is -4.57. The van der Waals surface area contributed by atoms with Crippen LogP contribution in [0.3, 0.4) is 0 Å². The number of halogens is 4. The summed E-state index contributed by atoms with van der Waals surface area (Å²) in [6.07, 6.45) is -0.257. The van der Waals surface area contributed by atoms with Crippen molar-refractivity contribution in [3.8, 4) is 0 Å². The van der Waals surface area contributed by atoms with Crippen molar-refractivity contribution in [2.45, 2.75) is 57.8 Å². The highest BCUT2D eigenvalue weighted by molar-refractivity contribution is 6.30. The number of carbonyl (C=O) groups excluding carboxylic acids is 1. The molecule has 0 saturated heterocycles. The number of benzene rings is 1. The fourth-order valence-electron chi connectivity index (χ4n) is 3.18. The molecule has 0 heterocycles. The molecular weight excluding hydrogens is 341 g/mol. The van der Waals surface area contributed by atoms with Crippen molar-refractivity contribution in [1.82, 2.24) is 4.90 Å². The molecule has 1 aromatic carbocycles. The molecule has 0 aliphatic heterocycles. The molecule has 0 atom stereocenters. The molecule has 0 unspecified atom stereocenters. The maximum atomic E-state index is 13.1. The van der Waals surface area contributed by atoms with Crippen LogP contribution in [0.5, 0.6) is 0 Å². The van der Waals surface area contributed by atoms with E-state index >= 15 is 0 Å². The topological polar surface area (TPSA) is 32.3 Å². The van der Waals surface area contributed by atoms with E-state index in [1.807, 2.05) is 13.8 Å². The van der Waals surface area contributed by atoms with E-state index in [0.29, 0.717) is 6.04 Å². The number of anilines is 1. The van der Waals surface area contributed by atoms with Gasteiger partial charge in [0.25, 0.3) is 0 Å². The summed E-state index contributed by atoms with van der Waals surface area (Å²) in [6, 6.07) is 3.84. The summed E-state index contributed by atoms with van der Waals surface area (Å²) >= 11 is 5.65. The summed E-state index contributed by atoms with van der Waals surface area (Å²) in [5, 5.41) is 2.38. The second kappa shape index (κ2) is 7.74. The van der Waals surface area contributed by atoms with Gasteiger partial charge in [-0.05, 0) is 44.9 Å². The Labute approximate surface area is 145 Å². The van der Waals surface area contributed by atoms with Gasteiger partial charge in [-0.3, -0.25) is 9.69 Å². The van der Waals surface area contributed by atoms with Crippen molar-refractivity contribution in [1.29, 1.82) is 0 Å². The Morgan fingerprint density at radius 2 is 1.96 bits per heavy atom. The zero-order valence-corrected chi connectivity index (χ0v) is 14.5. The van der Waals surface area contributed by atoms with Gasteiger partial charge in [-0.1, -0.05) is 24.4 Å². The van der Waals surface area contributed by atoms with Crippen LogP contribution in [0.1, 0.15) is 45.1 Å². The quantitative estimate of drug-likeness (QED) is 0.803. The van der Waals surface area contributed by atoms with E-state index in [9.17, 15) is 18.0 Å². The van der Waals surface area contributed by atoms with Gasteiger partial charge in [-0.25, -0.2) is 0 Å². The Balaban J connectivity index is 2.11. The molecule has 1 fully saturated rings. The average molecular weight is 363 g/mol. The fraction of sp³-hybridized carbons (Fsp3) is 0.588. The fourth-order valence-corrected chi connectivity index (χ4v) is 3.36. The van der Waals surface area contributed by atoms with Crippen LogP contribution in [0, 0.1) is 0 Å². The zero-order chi connectivity index (χ0) is 17.9. The van der Waals surface area contributed by atoms with Crippen molar-refractivity contribution in [3.05, 3.63) is 28.8 Å². The minimum Gasteiger partial charge on any atom is -0.324 e. The normalized spacial score (nSPS) is 16.2. The second-order valence-corrected chi connectivity index (χ2v) is 6.88. The van der Waals surface area contributed by atoms with Gasteiger partial charge in [0.1, 0.15) is 0 Å². The van der Waals surface area contributed by atoms with Crippen LogP contribution in [-0.2, 0) is 11.0 Å². The van der Waals surface area contributed by atoms with Crippen molar-refractivity contribution < 1.29 is 18.0 Å². The zero-order valence-electron chi connectivity index (χ0n) is 13.8. The van der Waals surface area contributed by atoms with Gasteiger partial charge < -0.3 is 5.32 Å². The molecule has 1 aromatic rings. The number of rotatable bonds is 5. The molecule has 0 radical (unpaired) electrons. The van der Waals surface area contributed by atoms with E-state index < -0.39 is 17.6 Å². The molecule has 2 rings (SSSR count). The number of carbonyl (C=O) groups is 1. The maximum absolute atomic E-state index is 13.1. The van der Waals surface area contributed by atoms with E-state index in [1.165, 1.54) is 12.1 Å². The number of nitrogens with zero attached hydrogens (tertiary/aromatic N) is 1. The van der Waals surface area contributed by atoms with Gasteiger partial charge in [0, 0.05) is 17.1 Å². The second-order valence-electron chi connectivity index (χ2n) is 6.44. The van der Waals surface area contributed by atoms with Crippen molar-refractivity contribution >= 4 is 23.2 Å². The van der Waals surface area contributed by atoms with Crippen molar-refractivity contribution in [2.75, 3.05) is 11.9 Å². The summed E-state index contributed by atoms with van der Waals surface area (Å²) < 4.78 is 39.3. The first-order valence-electron chi connectivity index (χ1n) is 8.11. The van der Waals surface area contributed by atoms with Crippen LogP contribution in [-0.4, -0.2) is 29.4 Å². The third-order valence-corrected chi connectivity index (χ3v) is 4.58. The minimum absolute atomic E-state index is 0.0184. The summed E-state index contributed by atoms with van der Waals surface area (Å²) in [5.74, 6) is -0.441. The highest BCUT2D eigenvalue weighted by Crippen LogP contribution is 2.36. The summed E-state index contributed by atoms with van der Waals surface area (Å²) in [7, 11) is 0. The molecule has 1 aliphatic carbocycles. The van der Waals surface area contributed by atoms with Gasteiger partial charge >= 0.3 is 6.18 Å². The molecule has 7 heteroatoms. The lowest BCUT2D eigenvalue weighted by Gasteiger charge is -2.32. The predicted octanol–water partition coefficient (Wildman–Crippen LogP) is 4.95. The molecule has 3 nitrogen and oxygen atoms in total. The number of amides is 1. The molecule has 0 spiro atoms. The largest absolute Gasteiger partial charge is 0.418 e. The number of alkyl halides is 3. The van der Waals surface area contributed by atoms with Gasteiger partial charge in [0.05, 0.1) is 17.8 Å². The number of hydrogen-bond acceptors (Lipinski definition) is 2. The first-order chi connectivity index (χ1) is 11.2. The first kappa shape index (κ1) is 19.1. The Bertz CT molecular complexity index is 584. The van der Waals surface area contributed by atoms with E-state index in [4.69, 9.17) is 11.6 Å². The van der Waals surface area contributed by atoms with Crippen molar-refractivity contribution in [2.24, 2.45) is 0 Å². The van der Waals surface area contributed by atoms with E-state index in [2.05, 4.69) is 10.2 Å². The predicted molar refractivity (Wildman–Crippen MR) is 89.2 cm³/mol. The van der Waals surface area contributed by atoms with Crippen LogP contribution in [0.15, 0.2) is 18.2 Å².